The standard InChI is InChI=1S/C16H26OSi/c1-7-11-15(14-12-9-8-10-13-14)17-18(5,6)16(2,3)4/h7-13,15H,1-6H3/b11-7+. The minimum Gasteiger partial charge on any atom is -0.407 e. The van der Waals surface area contributed by atoms with Crippen molar-refractivity contribution in [2.45, 2.75) is 51.9 Å². The van der Waals surface area contributed by atoms with Gasteiger partial charge >= 0.3 is 0 Å². The fraction of sp³-hybridized carbons (Fsp3) is 0.500. The van der Waals surface area contributed by atoms with Crippen molar-refractivity contribution in [1.29, 1.82) is 0 Å². The molecule has 0 saturated heterocycles. The summed E-state index contributed by atoms with van der Waals surface area (Å²) in [7, 11) is -1.74. The second-order valence-corrected chi connectivity index (χ2v) is 11.0. The van der Waals surface area contributed by atoms with Crippen LogP contribution in [0.15, 0.2) is 42.5 Å². The second kappa shape index (κ2) is 5.85. The quantitative estimate of drug-likeness (QED) is 0.526. The highest BCUT2D eigenvalue weighted by Crippen LogP contribution is 2.39. The van der Waals surface area contributed by atoms with Crippen molar-refractivity contribution in [2.24, 2.45) is 0 Å². The zero-order valence-corrected chi connectivity index (χ0v) is 13.5. The van der Waals surface area contributed by atoms with Gasteiger partial charge in [0, 0.05) is 0 Å². The predicted molar refractivity (Wildman–Crippen MR) is 82.3 cm³/mol. The topological polar surface area (TPSA) is 9.23 Å². The van der Waals surface area contributed by atoms with Gasteiger partial charge in [-0.05, 0) is 30.6 Å². The summed E-state index contributed by atoms with van der Waals surface area (Å²) < 4.78 is 6.48. The molecule has 0 spiro atoms. The zero-order valence-electron chi connectivity index (χ0n) is 12.5. The highest BCUT2D eigenvalue weighted by atomic mass is 28.4. The molecule has 1 atom stereocenters. The van der Waals surface area contributed by atoms with Crippen molar-refractivity contribution in [3.8, 4) is 0 Å². The molecular formula is C16H26OSi. The van der Waals surface area contributed by atoms with E-state index in [1.54, 1.807) is 0 Å². The molecule has 0 aromatic heterocycles. The molecule has 100 valence electrons. The number of hydrogen-bond acceptors (Lipinski definition) is 1. The number of allylic oxidation sites excluding steroid dienone is 1. The van der Waals surface area contributed by atoms with Crippen LogP contribution in [0.5, 0.6) is 0 Å². The minimum atomic E-state index is -1.74. The summed E-state index contributed by atoms with van der Waals surface area (Å²) in [5.41, 5.74) is 1.24. The summed E-state index contributed by atoms with van der Waals surface area (Å²) in [5.74, 6) is 0. The third-order valence-electron chi connectivity index (χ3n) is 3.72. The lowest BCUT2D eigenvalue weighted by Crippen LogP contribution is -2.41. The molecule has 0 amide bonds. The molecule has 0 aliphatic rings. The Hall–Kier alpha value is -0.863. The Balaban J connectivity index is 2.96. The first-order valence-electron chi connectivity index (χ1n) is 6.63. The first kappa shape index (κ1) is 15.2. The summed E-state index contributed by atoms with van der Waals surface area (Å²) in [4.78, 5) is 0. The summed E-state index contributed by atoms with van der Waals surface area (Å²) in [6.07, 6.45) is 4.30. The van der Waals surface area contributed by atoms with Crippen molar-refractivity contribution in [3.63, 3.8) is 0 Å². The summed E-state index contributed by atoms with van der Waals surface area (Å²) >= 11 is 0. The normalized spacial score (nSPS) is 15.0. The molecule has 1 rings (SSSR count). The molecule has 1 aromatic carbocycles. The molecule has 0 heterocycles. The Morgan fingerprint density at radius 3 is 2.11 bits per heavy atom. The summed E-state index contributed by atoms with van der Waals surface area (Å²) in [6.45, 7) is 13.5. The molecule has 0 aliphatic heterocycles. The maximum absolute atomic E-state index is 6.48. The van der Waals surface area contributed by atoms with Crippen LogP contribution in [0.4, 0.5) is 0 Å². The molecule has 2 heteroatoms. The monoisotopic (exact) mass is 262 g/mol. The van der Waals surface area contributed by atoms with E-state index in [4.69, 9.17) is 4.43 Å². The Morgan fingerprint density at radius 2 is 1.67 bits per heavy atom. The van der Waals surface area contributed by atoms with Gasteiger partial charge in [-0.15, -0.1) is 0 Å². The van der Waals surface area contributed by atoms with Crippen LogP contribution in [0.3, 0.4) is 0 Å². The van der Waals surface area contributed by atoms with Crippen LogP contribution in [0.1, 0.15) is 39.4 Å². The van der Waals surface area contributed by atoms with Crippen LogP contribution in [-0.4, -0.2) is 8.32 Å². The highest BCUT2D eigenvalue weighted by Gasteiger charge is 2.38. The van der Waals surface area contributed by atoms with Gasteiger partial charge in [-0.3, -0.25) is 0 Å². The fourth-order valence-electron chi connectivity index (χ4n) is 1.53. The van der Waals surface area contributed by atoms with Crippen molar-refractivity contribution in [3.05, 3.63) is 48.0 Å². The summed E-state index contributed by atoms with van der Waals surface area (Å²) in [6, 6.07) is 10.5. The van der Waals surface area contributed by atoms with Gasteiger partial charge in [-0.2, -0.15) is 0 Å². The predicted octanol–water partition coefficient (Wildman–Crippen LogP) is 5.33. The van der Waals surface area contributed by atoms with E-state index in [9.17, 15) is 0 Å². The molecule has 0 radical (unpaired) electrons. The molecule has 1 unspecified atom stereocenters. The molecule has 0 fully saturated rings. The van der Waals surface area contributed by atoms with Crippen LogP contribution in [0.25, 0.3) is 0 Å². The highest BCUT2D eigenvalue weighted by molar-refractivity contribution is 6.74. The third-order valence-corrected chi connectivity index (χ3v) is 8.18. The minimum absolute atomic E-state index is 0.0806. The fourth-order valence-corrected chi connectivity index (χ4v) is 2.73. The Kier molecular flexibility index (Phi) is 4.94. The Labute approximate surface area is 113 Å². The van der Waals surface area contributed by atoms with Crippen molar-refractivity contribution in [2.75, 3.05) is 0 Å². The van der Waals surface area contributed by atoms with E-state index in [1.165, 1.54) is 5.56 Å². The largest absolute Gasteiger partial charge is 0.407 e. The molecule has 0 bridgehead atoms. The van der Waals surface area contributed by atoms with Crippen molar-refractivity contribution in [1.82, 2.24) is 0 Å². The van der Waals surface area contributed by atoms with Crippen molar-refractivity contribution >= 4 is 8.32 Å². The van der Waals surface area contributed by atoms with Gasteiger partial charge in [0.15, 0.2) is 8.32 Å². The van der Waals surface area contributed by atoms with Gasteiger partial charge in [0.25, 0.3) is 0 Å². The number of rotatable bonds is 4. The average molecular weight is 262 g/mol. The molecule has 0 N–H and O–H groups in total. The third kappa shape index (κ3) is 3.82. The first-order valence-corrected chi connectivity index (χ1v) is 9.54. The zero-order chi connectivity index (χ0) is 13.8. The maximum Gasteiger partial charge on any atom is 0.193 e. The number of hydrogen-bond donors (Lipinski definition) is 0. The van der Waals surface area contributed by atoms with Gasteiger partial charge in [0.2, 0.25) is 0 Å². The Morgan fingerprint density at radius 1 is 1.11 bits per heavy atom. The van der Waals surface area contributed by atoms with Crippen LogP contribution < -0.4 is 0 Å². The smallest absolute Gasteiger partial charge is 0.193 e. The van der Waals surface area contributed by atoms with E-state index in [2.05, 4.69) is 70.3 Å². The van der Waals surface area contributed by atoms with E-state index in [-0.39, 0.29) is 11.1 Å². The molecule has 18 heavy (non-hydrogen) atoms. The molecule has 0 aliphatic carbocycles. The maximum atomic E-state index is 6.48. The molecule has 0 saturated carbocycles. The number of benzene rings is 1. The lowest BCUT2D eigenvalue weighted by Gasteiger charge is -2.38. The van der Waals surface area contributed by atoms with Gasteiger partial charge in [-0.1, -0.05) is 63.3 Å². The van der Waals surface area contributed by atoms with Gasteiger partial charge in [0.05, 0.1) is 6.10 Å². The van der Waals surface area contributed by atoms with Crippen LogP contribution in [0.2, 0.25) is 18.1 Å². The van der Waals surface area contributed by atoms with E-state index in [0.717, 1.165) is 0 Å². The Bertz CT molecular complexity index is 387. The molecule has 1 nitrogen and oxygen atoms in total. The van der Waals surface area contributed by atoms with E-state index in [1.807, 2.05) is 13.0 Å². The van der Waals surface area contributed by atoms with E-state index < -0.39 is 8.32 Å². The molecule has 1 aromatic rings. The lowest BCUT2D eigenvalue weighted by molar-refractivity contribution is 0.229. The van der Waals surface area contributed by atoms with Crippen LogP contribution in [-0.2, 0) is 4.43 Å². The lowest BCUT2D eigenvalue weighted by atomic mass is 10.1. The van der Waals surface area contributed by atoms with E-state index >= 15 is 0 Å². The van der Waals surface area contributed by atoms with Crippen molar-refractivity contribution < 1.29 is 4.43 Å². The second-order valence-electron chi connectivity index (χ2n) is 6.24. The SMILES string of the molecule is C/C=C/C(O[Si](C)(C)C(C)(C)C)c1ccccc1. The van der Waals surface area contributed by atoms with Gasteiger partial charge in [-0.25, -0.2) is 0 Å². The average Bonchev–Trinajstić information content (AvgIpc) is 2.28. The van der Waals surface area contributed by atoms with Crippen LogP contribution in [0, 0.1) is 0 Å². The van der Waals surface area contributed by atoms with Gasteiger partial charge in [0.1, 0.15) is 0 Å². The van der Waals surface area contributed by atoms with Crippen LogP contribution >= 0.6 is 0 Å². The van der Waals surface area contributed by atoms with E-state index in [0.29, 0.717) is 0 Å². The molecular weight excluding hydrogens is 236 g/mol. The summed E-state index contributed by atoms with van der Waals surface area (Å²) in [5, 5.41) is 0.238. The van der Waals surface area contributed by atoms with Gasteiger partial charge < -0.3 is 4.43 Å². The first-order chi connectivity index (χ1) is 8.28.